The maximum absolute atomic E-state index is 9.56. The number of hydrogen-bond donors (Lipinski definition) is 1. The molecule has 1 saturated heterocycles. The Morgan fingerprint density at radius 2 is 2.14 bits per heavy atom. The Kier molecular flexibility index (Phi) is 6.47. The van der Waals surface area contributed by atoms with Gasteiger partial charge in [0.05, 0.1) is 12.2 Å². The third kappa shape index (κ3) is 5.25. The van der Waals surface area contributed by atoms with Crippen LogP contribution in [-0.2, 0) is 4.74 Å². The van der Waals surface area contributed by atoms with Crippen molar-refractivity contribution in [2.75, 3.05) is 26.2 Å². The molecule has 4 nitrogen and oxygen atoms in total. The minimum Gasteiger partial charge on any atom is -0.377 e. The van der Waals surface area contributed by atoms with Crippen molar-refractivity contribution >= 4 is 0 Å². The van der Waals surface area contributed by atoms with Gasteiger partial charge in [-0.05, 0) is 65.0 Å². The number of rotatable bonds is 9. The maximum atomic E-state index is 9.56. The first-order valence-electron chi connectivity index (χ1n) is 8.74. The average molecular weight is 293 g/mol. The predicted octanol–water partition coefficient (Wildman–Crippen LogP) is 2.69. The third-order valence-corrected chi connectivity index (χ3v) is 4.82. The Labute approximate surface area is 129 Å². The molecule has 0 spiro atoms. The molecule has 2 atom stereocenters. The molecule has 2 rings (SSSR count). The highest BCUT2D eigenvalue weighted by Gasteiger charge is 2.34. The van der Waals surface area contributed by atoms with Gasteiger partial charge in [-0.2, -0.15) is 5.26 Å². The normalized spacial score (nSPS) is 26.2. The number of nitrogens with one attached hydrogen (secondary N) is 1. The molecule has 0 aromatic rings. The van der Waals surface area contributed by atoms with E-state index in [0.29, 0.717) is 12.1 Å². The van der Waals surface area contributed by atoms with Crippen LogP contribution >= 0.6 is 0 Å². The van der Waals surface area contributed by atoms with Crippen molar-refractivity contribution in [1.82, 2.24) is 10.2 Å². The van der Waals surface area contributed by atoms with Gasteiger partial charge in [-0.3, -0.25) is 5.32 Å². The SMILES string of the molecule is CCOC1CCCN(CCCC(C#N)(CC)NC2CC2)C1. The van der Waals surface area contributed by atoms with Crippen molar-refractivity contribution in [3.05, 3.63) is 0 Å². The molecule has 4 heteroatoms. The van der Waals surface area contributed by atoms with Crippen LogP contribution < -0.4 is 5.32 Å². The van der Waals surface area contributed by atoms with Crippen molar-refractivity contribution < 1.29 is 4.74 Å². The summed E-state index contributed by atoms with van der Waals surface area (Å²) in [4.78, 5) is 2.51. The molecule has 1 N–H and O–H groups in total. The molecule has 1 saturated carbocycles. The zero-order valence-electron chi connectivity index (χ0n) is 13.7. The Morgan fingerprint density at radius 1 is 1.33 bits per heavy atom. The standard InChI is InChI=1S/C17H31N3O/c1-3-17(14-18,19-15-8-9-15)10-6-12-20-11-5-7-16(13-20)21-4-2/h15-16,19H,3-13H2,1-2H3. The fraction of sp³-hybridized carbons (Fsp3) is 0.941. The van der Waals surface area contributed by atoms with Gasteiger partial charge in [-0.25, -0.2) is 0 Å². The summed E-state index contributed by atoms with van der Waals surface area (Å²) in [6.07, 6.45) is 8.30. The molecule has 1 heterocycles. The molecule has 2 aliphatic rings. The maximum Gasteiger partial charge on any atom is 0.106 e. The van der Waals surface area contributed by atoms with Gasteiger partial charge in [0, 0.05) is 19.2 Å². The summed E-state index contributed by atoms with van der Waals surface area (Å²) < 4.78 is 5.76. The van der Waals surface area contributed by atoms with Crippen LogP contribution in [0.15, 0.2) is 0 Å². The minimum absolute atomic E-state index is 0.295. The number of likely N-dealkylation sites (tertiary alicyclic amines) is 1. The summed E-state index contributed by atoms with van der Waals surface area (Å²) in [5.41, 5.74) is -0.295. The van der Waals surface area contributed by atoms with Gasteiger partial charge in [0.2, 0.25) is 0 Å². The first-order chi connectivity index (χ1) is 10.2. The lowest BCUT2D eigenvalue weighted by atomic mass is 9.91. The van der Waals surface area contributed by atoms with Crippen LogP contribution in [0.1, 0.15) is 58.8 Å². The van der Waals surface area contributed by atoms with Gasteiger partial charge in [0.15, 0.2) is 0 Å². The van der Waals surface area contributed by atoms with E-state index in [2.05, 4.69) is 30.1 Å². The monoisotopic (exact) mass is 293 g/mol. The van der Waals surface area contributed by atoms with E-state index in [1.165, 1.54) is 32.2 Å². The Morgan fingerprint density at radius 3 is 2.76 bits per heavy atom. The van der Waals surface area contributed by atoms with E-state index < -0.39 is 0 Å². The highest BCUT2D eigenvalue weighted by atomic mass is 16.5. The zero-order valence-corrected chi connectivity index (χ0v) is 13.7. The van der Waals surface area contributed by atoms with E-state index >= 15 is 0 Å². The number of hydrogen-bond acceptors (Lipinski definition) is 4. The van der Waals surface area contributed by atoms with E-state index in [0.717, 1.165) is 39.0 Å². The highest BCUT2D eigenvalue weighted by molar-refractivity contribution is 5.09. The summed E-state index contributed by atoms with van der Waals surface area (Å²) >= 11 is 0. The van der Waals surface area contributed by atoms with Crippen molar-refractivity contribution in [3.63, 3.8) is 0 Å². The molecule has 1 aliphatic carbocycles. The fourth-order valence-corrected chi connectivity index (χ4v) is 3.33. The topological polar surface area (TPSA) is 48.3 Å². The molecule has 0 radical (unpaired) electrons. The lowest BCUT2D eigenvalue weighted by Crippen LogP contribution is -2.46. The number of ether oxygens (including phenoxy) is 1. The summed E-state index contributed by atoms with van der Waals surface area (Å²) in [5, 5.41) is 13.1. The zero-order chi connectivity index (χ0) is 15.1. The van der Waals surface area contributed by atoms with Gasteiger partial charge < -0.3 is 9.64 Å². The average Bonchev–Trinajstić information content (AvgIpc) is 3.31. The molecule has 120 valence electrons. The quantitative estimate of drug-likeness (QED) is 0.710. The van der Waals surface area contributed by atoms with E-state index in [4.69, 9.17) is 4.74 Å². The van der Waals surface area contributed by atoms with Gasteiger partial charge >= 0.3 is 0 Å². The predicted molar refractivity (Wildman–Crippen MR) is 85.1 cm³/mol. The molecule has 0 amide bonds. The summed E-state index contributed by atoms with van der Waals surface area (Å²) in [6.45, 7) is 8.37. The largest absolute Gasteiger partial charge is 0.377 e. The van der Waals surface area contributed by atoms with Crippen LogP contribution in [0.2, 0.25) is 0 Å². The molecule has 0 bridgehead atoms. The molecule has 2 fully saturated rings. The van der Waals surface area contributed by atoms with Crippen LogP contribution in [0.3, 0.4) is 0 Å². The summed E-state index contributed by atoms with van der Waals surface area (Å²) in [7, 11) is 0. The van der Waals surface area contributed by atoms with Gasteiger partial charge in [0.25, 0.3) is 0 Å². The molecule has 0 aromatic carbocycles. The second kappa shape index (κ2) is 8.12. The van der Waals surface area contributed by atoms with Crippen molar-refractivity contribution in [2.45, 2.75) is 76.5 Å². The lowest BCUT2D eigenvalue weighted by Gasteiger charge is -2.33. The molecule has 0 aromatic heterocycles. The minimum atomic E-state index is -0.295. The molecule has 1 aliphatic heterocycles. The number of nitrogens with zero attached hydrogens (tertiary/aromatic N) is 2. The Bertz CT molecular complexity index is 348. The van der Waals surface area contributed by atoms with E-state index in [9.17, 15) is 5.26 Å². The van der Waals surface area contributed by atoms with Crippen LogP contribution in [0.4, 0.5) is 0 Å². The van der Waals surface area contributed by atoms with E-state index in [1.54, 1.807) is 0 Å². The summed E-state index contributed by atoms with van der Waals surface area (Å²) in [6, 6.07) is 3.15. The van der Waals surface area contributed by atoms with Gasteiger partial charge in [-0.1, -0.05) is 6.92 Å². The number of piperidine rings is 1. The third-order valence-electron chi connectivity index (χ3n) is 4.82. The van der Waals surface area contributed by atoms with Crippen LogP contribution in [0, 0.1) is 11.3 Å². The second-order valence-corrected chi connectivity index (χ2v) is 6.59. The number of nitriles is 1. The second-order valence-electron chi connectivity index (χ2n) is 6.59. The van der Waals surface area contributed by atoms with Crippen LogP contribution in [-0.4, -0.2) is 48.8 Å². The summed E-state index contributed by atoms with van der Waals surface area (Å²) in [5.74, 6) is 0. The van der Waals surface area contributed by atoms with Crippen molar-refractivity contribution in [1.29, 1.82) is 5.26 Å². The van der Waals surface area contributed by atoms with Crippen LogP contribution in [0.25, 0.3) is 0 Å². The first-order valence-corrected chi connectivity index (χ1v) is 8.74. The first kappa shape index (κ1) is 16.7. The highest BCUT2D eigenvalue weighted by Crippen LogP contribution is 2.27. The fourth-order valence-electron chi connectivity index (χ4n) is 3.33. The molecular weight excluding hydrogens is 262 g/mol. The van der Waals surface area contributed by atoms with E-state index in [-0.39, 0.29) is 5.54 Å². The molecular formula is C17H31N3O. The smallest absolute Gasteiger partial charge is 0.106 e. The Balaban J connectivity index is 1.72. The molecule has 2 unspecified atom stereocenters. The van der Waals surface area contributed by atoms with E-state index in [1.807, 2.05) is 0 Å². The lowest BCUT2D eigenvalue weighted by molar-refractivity contribution is 0.00526. The molecule has 21 heavy (non-hydrogen) atoms. The van der Waals surface area contributed by atoms with Gasteiger partial charge in [0.1, 0.15) is 5.54 Å². The van der Waals surface area contributed by atoms with Crippen LogP contribution in [0.5, 0.6) is 0 Å². The Hall–Kier alpha value is -0.630. The van der Waals surface area contributed by atoms with Crippen molar-refractivity contribution in [3.8, 4) is 6.07 Å². The van der Waals surface area contributed by atoms with Gasteiger partial charge in [-0.15, -0.1) is 0 Å². The van der Waals surface area contributed by atoms with Crippen molar-refractivity contribution in [2.24, 2.45) is 0 Å².